The molecule has 0 unspecified atom stereocenters. The van der Waals surface area contributed by atoms with Gasteiger partial charge in [0.2, 0.25) is 5.91 Å². The van der Waals surface area contributed by atoms with E-state index in [9.17, 15) is 19.2 Å². The summed E-state index contributed by atoms with van der Waals surface area (Å²) in [6.07, 6.45) is 4.99. The Morgan fingerprint density at radius 3 is 2.14 bits per heavy atom. The van der Waals surface area contributed by atoms with Gasteiger partial charge in [0.25, 0.3) is 11.8 Å². The number of hydrogen-bond donors (Lipinski definition) is 1. The first-order chi connectivity index (χ1) is 10.0. The summed E-state index contributed by atoms with van der Waals surface area (Å²) < 4.78 is 0. The smallest absolute Gasteiger partial charge is 0.253 e. The molecule has 1 aliphatic rings. The van der Waals surface area contributed by atoms with Crippen molar-refractivity contribution in [1.82, 2.24) is 10.2 Å². The number of unbranched alkanes of at least 4 members (excludes halogenated alkanes) is 2. The molecule has 3 amide bonds. The summed E-state index contributed by atoms with van der Waals surface area (Å²) in [4.78, 5) is 45.6. The Bertz CT molecular complexity index is 398. The van der Waals surface area contributed by atoms with Gasteiger partial charge in [-0.25, -0.2) is 0 Å². The van der Waals surface area contributed by atoms with Crippen LogP contribution in [0.1, 0.15) is 46.5 Å². The lowest BCUT2D eigenvalue weighted by molar-refractivity contribution is -0.137. The summed E-state index contributed by atoms with van der Waals surface area (Å²) in [5, 5.41) is 2.51. The van der Waals surface area contributed by atoms with E-state index in [1.54, 1.807) is 0 Å². The minimum absolute atomic E-state index is 0.0707. The van der Waals surface area contributed by atoms with Gasteiger partial charge in [0, 0.05) is 25.1 Å². The molecule has 1 rings (SSSR count). The zero-order valence-corrected chi connectivity index (χ0v) is 13.0. The molecule has 118 valence electrons. The monoisotopic (exact) mass is 296 g/mol. The van der Waals surface area contributed by atoms with Crippen LogP contribution in [0.25, 0.3) is 0 Å². The zero-order chi connectivity index (χ0) is 16.3. The number of nitrogens with zero attached hydrogens (tertiary/aromatic N) is 1. The van der Waals surface area contributed by atoms with Gasteiger partial charge in [-0.3, -0.25) is 24.1 Å². The molecular weight excluding hydrogens is 272 g/mol. The molecule has 0 atom stereocenters. The van der Waals surface area contributed by atoms with Crippen LogP contribution < -0.4 is 5.32 Å². The average Bonchev–Trinajstić information content (AvgIpc) is 2.78. The number of Topliss-reactive ketones (excluding diaryl/α,β-unsaturated/α-hetero) is 1. The molecule has 1 aliphatic heterocycles. The van der Waals surface area contributed by atoms with E-state index in [4.69, 9.17) is 0 Å². The quantitative estimate of drug-likeness (QED) is 0.539. The van der Waals surface area contributed by atoms with Crippen LogP contribution in [0.2, 0.25) is 0 Å². The van der Waals surface area contributed by atoms with E-state index in [1.807, 2.05) is 13.8 Å². The molecule has 0 radical (unpaired) electrons. The van der Waals surface area contributed by atoms with Gasteiger partial charge in [-0.2, -0.15) is 0 Å². The maximum absolute atomic E-state index is 11.3. The summed E-state index contributed by atoms with van der Waals surface area (Å²) in [7, 11) is 0. The lowest BCUT2D eigenvalue weighted by Crippen LogP contribution is -2.31. The van der Waals surface area contributed by atoms with E-state index in [1.165, 1.54) is 24.0 Å². The topological polar surface area (TPSA) is 83.6 Å². The molecule has 0 aliphatic carbocycles. The second-order valence-corrected chi connectivity index (χ2v) is 4.45. The molecule has 0 saturated carbocycles. The second-order valence-electron chi connectivity index (χ2n) is 4.45. The summed E-state index contributed by atoms with van der Waals surface area (Å²) in [5.74, 6) is -0.773. The molecule has 0 fully saturated rings. The van der Waals surface area contributed by atoms with Crippen LogP contribution in [0, 0.1) is 0 Å². The fourth-order valence-electron chi connectivity index (χ4n) is 1.70. The number of nitrogens with one attached hydrogen (secondary N) is 1. The van der Waals surface area contributed by atoms with Crippen LogP contribution in [0.5, 0.6) is 0 Å². The van der Waals surface area contributed by atoms with Crippen molar-refractivity contribution < 1.29 is 19.2 Å². The summed E-state index contributed by atoms with van der Waals surface area (Å²) in [6, 6.07) is 0. The standard InChI is InChI=1S/C13H18N2O4.C2H6/c1-10(16)9-14-11(17)5-3-2-4-8-15-12(18)6-7-13(15)19;1-2/h6-7H,2-5,8-9H2,1H3,(H,14,17);1-2H3. The number of carbonyl (C=O) groups excluding carboxylic acids is 4. The predicted molar refractivity (Wildman–Crippen MR) is 79.4 cm³/mol. The molecule has 1 heterocycles. The first kappa shape index (κ1) is 19.0. The number of hydrogen-bond acceptors (Lipinski definition) is 4. The second kappa shape index (κ2) is 10.8. The van der Waals surface area contributed by atoms with Crippen molar-refractivity contribution in [3.05, 3.63) is 12.2 Å². The number of rotatable bonds is 8. The molecule has 0 aromatic rings. The van der Waals surface area contributed by atoms with Crippen LogP contribution >= 0.6 is 0 Å². The normalized spacial score (nSPS) is 13.0. The fourth-order valence-corrected chi connectivity index (χ4v) is 1.70. The summed E-state index contributed by atoms with van der Waals surface area (Å²) >= 11 is 0. The highest BCUT2D eigenvalue weighted by Gasteiger charge is 2.22. The largest absolute Gasteiger partial charge is 0.349 e. The Hall–Kier alpha value is -1.98. The molecule has 0 aromatic carbocycles. The van der Waals surface area contributed by atoms with Crippen molar-refractivity contribution in [3.8, 4) is 0 Å². The van der Waals surface area contributed by atoms with Crippen LogP contribution in [0.3, 0.4) is 0 Å². The van der Waals surface area contributed by atoms with Crippen LogP contribution in [0.4, 0.5) is 0 Å². The van der Waals surface area contributed by atoms with Gasteiger partial charge in [-0.1, -0.05) is 20.3 Å². The highest BCUT2D eigenvalue weighted by molar-refractivity contribution is 6.12. The summed E-state index contributed by atoms with van der Waals surface area (Å²) in [5.41, 5.74) is 0. The van der Waals surface area contributed by atoms with Gasteiger partial charge >= 0.3 is 0 Å². The van der Waals surface area contributed by atoms with E-state index >= 15 is 0 Å². The van der Waals surface area contributed by atoms with Crippen molar-refractivity contribution >= 4 is 23.5 Å². The van der Waals surface area contributed by atoms with Gasteiger partial charge in [0.15, 0.2) is 0 Å². The predicted octanol–water partition coefficient (Wildman–Crippen LogP) is 1.20. The van der Waals surface area contributed by atoms with E-state index < -0.39 is 0 Å². The van der Waals surface area contributed by atoms with E-state index in [0.717, 1.165) is 6.42 Å². The van der Waals surface area contributed by atoms with E-state index in [2.05, 4.69) is 5.32 Å². The van der Waals surface area contributed by atoms with Crippen LogP contribution in [-0.2, 0) is 19.2 Å². The molecule has 6 nitrogen and oxygen atoms in total. The molecule has 0 spiro atoms. The van der Waals surface area contributed by atoms with Gasteiger partial charge in [-0.15, -0.1) is 0 Å². The molecule has 0 bridgehead atoms. The van der Waals surface area contributed by atoms with Crippen molar-refractivity contribution in [2.75, 3.05) is 13.1 Å². The Balaban J connectivity index is 0.00000191. The van der Waals surface area contributed by atoms with E-state index in [-0.39, 0.29) is 30.0 Å². The first-order valence-electron chi connectivity index (χ1n) is 7.30. The SMILES string of the molecule is CC.CC(=O)CNC(=O)CCCCCN1C(=O)C=CC1=O. The van der Waals surface area contributed by atoms with Crippen molar-refractivity contribution in [1.29, 1.82) is 0 Å². The third-order valence-electron chi connectivity index (χ3n) is 2.72. The van der Waals surface area contributed by atoms with Gasteiger partial charge in [0.05, 0.1) is 6.54 Å². The number of ketones is 1. The van der Waals surface area contributed by atoms with Crippen molar-refractivity contribution in [2.24, 2.45) is 0 Å². The Kier molecular flexibility index (Phi) is 9.75. The molecule has 0 aromatic heterocycles. The van der Waals surface area contributed by atoms with Crippen molar-refractivity contribution in [2.45, 2.75) is 46.5 Å². The number of amides is 3. The third kappa shape index (κ3) is 8.02. The highest BCUT2D eigenvalue weighted by Crippen LogP contribution is 2.07. The molecule has 1 N–H and O–H groups in total. The molecule has 6 heteroatoms. The maximum atomic E-state index is 11.3. The molecule has 21 heavy (non-hydrogen) atoms. The van der Waals surface area contributed by atoms with Crippen molar-refractivity contribution in [3.63, 3.8) is 0 Å². The lowest BCUT2D eigenvalue weighted by atomic mass is 10.2. The minimum atomic E-state index is -0.274. The number of imide groups is 1. The first-order valence-corrected chi connectivity index (χ1v) is 7.30. The van der Waals surface area contributed by atoms with E-state index in [0.29, 0.717) is 25.8 Å². The Morgan fingerprint density at radius 1 is 1.05 bits per heavy atom. The zero-order valence-electron chi connectivity index (χ0n) is 13.0. The number of carbonyl (C=O) groups is 4. The van der Waals surface area contributed by atoms with Crippen LogP contribution in [0.15, 0.2) is 12.2 Å². The third-order valence-corrected chi connectivity index (χ3v) is 2.72. The average molecular weight is 296 g/mol. The Morgan fingerprint density at radius 2 is 1.62 bits per heavy atom. The minimum Gasteiger partial charge on any atom is -0.349 e. The van der Waals surface area contributed by atoms with Gasteiger partial charge in [0.1, 0.15) is 5.78 Å². The van der Waals surface area contributed by atoms with Gasteiger partial charge < -0.3 is 5.32 Å². The fraction of sp³-hybridized carbons (Fsp3) is 0.600. The highest BCUT2D eigenvalue weighted by atomic mass is 16.2. The molecular formula is C15H24N2O4. The molecule has 0 saturated heterocycles. The summed E-state index contributed by atoms with van der Waals surface area (Å²) in [6.45, 7) is 5.87. The Labute approximate surface area is 125 Å². The van der Waals surface area contributed by atoms with Gasteiger partial charge in [-0.05, 0) is 19.8 Å². The maximum Gasteiger partial charge on any atom is 0.253 e. The lowest BCUT2D eigenvalue weighted by Gasteiger charge is -2.12. The van der Waals surface area contributed by atoms with Crippen LogP contribution in [-0.4, -0.2) is 41.5 Å².